The zero-order valence-corrected chi connectivity index (χ0v) is 19.8. The van der Waals surface area contributed by atoms with Gasteiger partial charge in [0.15, 0.2) is 5.11 Å². The minimum Gasteiger partial charge on any atom is -0.483 e. The Hall–Kier alpha value is -3.21. The van der Waals surface area contributed by atoms with Crippen LogP contribution in [-0.4, -0.2) is 41.3 Å². The standard InChI is InChI=1S/C24H22F5N3O2S/c1-22(2)17(11-31-21(35)30-3)19(32-12-13-6-4-5-7-15(13)20(32)33)16-10-14(8-9-18(16)34-22)23(25,26)24(27,28)29/h4-10H,11-12H2,1-3H3,(H2,30,31,35). The van der Waals surface area contributed by atoms with Gasteiger partial charge in [-0.1, -0.05) is 18.2 Å². The number of rotatable bonds is 4. The van der Waals surface area contributed by atoms with Crippen LogP contribution in [0.3, 0.4) is 0 Å². The molecule has 2 aliphatic heterocycles. The number of thiocarbonyl (C=S) groups is 1. The number of benzene rings is 2. The van der Waals surface area contributed by atoms with Crippen LogP contribution in [0.5, 0.6) is 5.75 Å². The lowest BCUT2D eigenvalue weighted by Gasteiger charge is -2.40. The molecule has 0 saturated carbocycles. The number of ether oxygens (including phenoxy) is 1. The number of halogens is 5. The van der Waals surface area contributed by atoms with Gasteiger partial charge in [-0.2, -0.15) is 22.0 Å². The molecule has 2 aromatic rings. The van der Waals surface area contributed by atoms with Crippen LogP contribution in [0.15, 0.2) is 48.0 Å². The maximum absolute atomic E-state index is 14.3. The first-order valence-electron chi connectivity index (χ1n) is 10.7. The molecule has 4 rings (SSSR count). The molecule has 2 aliphatic rings. The zero-order valence-electron chi connectivity index (χ0n) is 19.0. The number of fused-ring (bicyclic) bond motifs is 2. The summed E-state index contributed by atoms with van der Waals surface area (Å²) in [6.45, 7) is 3.63. The summed E-state index contributed by atoms with van der Waals surface area (Å²) in [5.41, 5.74) is -0.487. The lowest BCUT2D eigenvalue weighted by atomic mass is 9.87. The highest BCUT2D eigenvalue weighted by molar-refractivity contribution is 7.80. The van der Waals surface area contributed by atoms with E-state index in [1.165, 1.54) is 4.90 Å². The first-order valence-corrected chi connectivity index (χ1v) is 11.1. The Labute approximate surface area is 203 Å². The van der Waals surface area contributed by atoms with Crippen molar-refractivity contribution in [3.05, 3.63) is 70.3 Å². The molecule has 186 valence electrons. The van der Waals surface area contributed by atoms with Crippen LogP contribution in [0, 0.1) is 0 Å². The molecule has 11 heteroatoms. The number of hydrogen-bond donors (Lipinski definition) is 2. The van der Waals surface area contributed by atoms with Crippen molar-refractivity contribution in [3.63, 3.8) is 0 Å². The molecule has 1 amide bonds. The predicted molar refractivity (Wildman–Crippen MR) is 124 cm³/mol. The maximum atomic E-state index is 14.3. The highest BCUT2D eigenvalue weighted by atomic mass is 32.1. The summed E-state index contributed by atoms with van der Waals surface area (Å²) in [7, 11) is 1.61. The molecule has 0 bridgehead atoms. The van der Waals surface area contributed by atoms with Gasteiger partial charge in [-0.05, 0) is 55.9 Å². The number of hydrogen-bond acceptors (Lipinski definition) is 3. The quantitative estimate of drug-likeness (QED) is 0.449. The summed E-state index contributed by atoms with van der Waals surface area (Å²) in [4.78, 5) is 14.8. The fourth-order valence-electron chi connectivity index (χ4n) is 4.24. The SMILES string of the molecule is CNC(=S)NCC1=C(N2Cc3ccccc3C2=O)c2cc(C(F)(F)C(F)(F)F)ccc2OC1(C)C. The Morgan fingerprint density at radius 3 is 2.43 bits per heavy atom. The Balaban J connectivity index is 1.93. The van der Waals surface area contributed by atoms with Crippen LogP contribution < -0.4 is 15.4 Å². The number of nitrogens with zero attached hydrogens (tertiary/aromatic N) is 1. The van der Waals surface area contributed by atoms with E-state index >= 15 is 0 Å². The second-order valence-electron chi connectivity index (χ2n) is 8.70. The van der Waals surface area contributed by atoms with E-state index in [0.29, 0.717) is 22.8 Å². The van der Waals surface area contributed by atoms with Crippen molar-refractivity contribution in [1.29, 1.82) is 0 Å². The van der Waals surface area contributed by atoms with Gasteiger partial charge in [0, 0.05) is 35.9 Å². The molecular formula is C24H22F5N3O2S. The minimum atomic E-state index is -5.79. The molecule has 0 spiro atoms. The Morgan fingerprint density at radius 2 is 1.80 bits per heavy atom. The number of carbonyl (C=O) groups is 1. The molecule has 2 aromatic carbocycles. The Kier molecular flexibility index (Phi) is 6.03. The fourth-order valence-corrected chi connectivity index (χ4v) is 4.32. The third-order valence-corrected chi connectivity index (χ3v) is 6.42. The maximum Gasteiger partial charge on any atom is 0.458 e. The summed E-state index contributed by atoms with van der Waals surface area (Å²) in [6, 6.07) is 9.41. The summed E-state index contributed by atoms with van der Waals surface area (Å²) in [6.07, 6.45) is -5.79. The molecular weight excluding hydrogens is 489 g/mol. The van der Waals surface area contributed by atoms with Gasteiger partial charge in [0.2, 0.25) is 0 Å². The van der Waals surface area contributed by atoms with Crippen LogP contribution in [-0.2, 0) is 12.5 Å². The molecule has 2 N–H and O–H groups in total. The molecule has 0 atom stereocenters. The molecule has 0 radical (unpaired) electrons. The predicted octanol–water partition coefficient (Wildman–Crippen LogP) is 4.97. The summed E-state index contributed by atoms with van der Waals surface area (Å²) in [5, 5.41) is 6.00. The monoisotopic (exact) mass is 511 g/mol. The topological polar surface area (TPSA) is 53.6 Å². The zero-order chi connectivity index (χ0) is 25.8. The van der Waals surface area contributed by atoms with E-state index in [4.69, 9.17) is 17.0 Å². The van der Waals surface area contributed by atoms with Gasteiger partial charge in [-0.3, -0.25) is 4.79 Å². The Bertz CT molecular complexity index is 1240. The van der Waals surface area contributed by atoms with Gasteiger partial charge in [0.25, 0.3) is 5.91 Å². The lowest BCUT2D eigenvalue weighted by molar-refractivity contribution is -0.289. The van der Waals surface area contributed by atoms with Crippen LogP contribution in [0.25, 0.3) is 5.70 Å². The number of alkyl halides is 5. The highest BCUT2D eigenvalue weighted by Crippen LogP contribution is 2.49. The van der Waals surface area contributed by atoms with Crippen molar-refractivity contribution in [3.8, 4) is 5.75 Å². The highest BCUT2D eigenvalue weighted by Gasteiger charge is 2.59. The number of carbonyl (C=O) groups excluding carboxylic acids is 1. The van der Waals surface area contributed by atoms with E-state index in [-0.39, 0.29) is 41.1 Å². The van der Waals surface area contributed by atoms with Gasteiger partial charge in [-0.25, -0.2) is 0 Å². The van der Waals surface area contributed by atoms with Crippen LogP contribution >= 0.6 is 12.2 Å². The summed E-state index contributed by atoms with van der Waals surface area (Å²) in [5.74, 6) is -5.39. The van der Waals surface area contributed by atoms with Crippen molar-refractivity contribution in [2.75, 3.05) is 13.6 Å². The molecule has 2 heterocycles. The molecule has 0 unspecified atom stereocenters. The third kappa shape index (κ3) is 4.22. The Morgan fingerprint density at radius 1 is 1.11 bits per heavy atom. The van der Waals surface area contributed by atoms with E-state index in [1.54, 1.807) is 45.2 Å². The van der Waals surface area contributed by atoms with Gasteiger partial charge < -0.3 is 20.3 Å². The minimum absolute atomic E-state index is 0.0286. The number of nitrogens with one attached hydrogen (secondary N) is 2. The normalized spacial score (nSPS) is 17.0. The van der Waals surface area contributed by atoms with Gasteiger partial charge in [-0.15, -0.1) is 0 Å². The van der Waals surface area contributed by atoms with E-state index in [1.807, 2.05) is 0 Å². The lowest BCUT2D eigenvalue weighted by Crippen LogP contribution is -2.44. The molecule has 0 aliphatic carbocycles. The first kappa shape index (κ1) is 24.9. The van der Waals surface area contributed by atoms with Gasteiger partial charge in [0.1, 0.15) is 11.4 Å². The molecule has 0 fully saturated rings. The van der Waals surface area contributed by atoms with Crippen LogP contribution in [0.4, 0.5) is 22.0 Å². The van der Waals surface area contributed by atoms with E-state index in [0.717, 1.165) is 12.1 Å². The van der Waals surface area contributed by atoms with E-state index < -0.39 is 23.3 Å². The molecule has 0 saturated heterocycles. The van der Waals surface area contributed by atoms with Crippen LogP contribution in [0.1, 0.15) is 40.9 Å². The van der Waals surface area contributed by atoms with Crippen molar-refractivity contribution in [1.82, 2.24) is 15.5 Å². The first-order chi connectivity index (χ1) is 16.3. The van der Waals surface area contributed by atoms with Crippen molar-refractivity contribution < 1.29 is 31.5 Å². The summed E-state index contributed by atoms with van der Waals surface area (Å²) >= 11 is 5.15. The second-order valence-corrected chi connectivity index (χ2v) is 9.11. The second kappa shape index (κ2) is 8.47. The van der Waals surface area contributed by atoms with E-state index in [9.17, 15) is 26.7 Å². The average Bonchev–Trinajstić information content (AvgIpc) is 3.11. The van der Waals surface area contributed by atoms with Crippen molar-refractivity contribution in [2.24, 2.45) is 0 Å². The fraction of sp³-hybridized carbons (Fsp3) is 0.333. The molecule has 0 aromatic heterocycles. The largest absolute Gasteiger partial charge is 0.483 e. The summed E-state index contributed by atoms with van der Waals surface area (Å²) < 4.78 is 74.0. The van der Waals surface area contributed by atoms with Crippen molar-refractivity contribution in [2.45, 2.75) is 38.1 Å². The molecule has 5 nitrogen and oxygen atoms in total. The van der Waals surface area contributed by atoms with Crippen LogP contribution in [0.2, 0.25) is 0 Å². The smallest absolute Gasteiger partial charge is 0.458 e. The van der Waals surface area contributed by atoms with Crippen molar-refractivity contribution >= 4 is 28.9 Å². The third-order valence-electron chi connectivity index (χ3n) is 6.08. The van der Waals surface area contributed by atoms with Gasteiger partial charge in [0.05, 0.1) is 12.2 Å². The van der Waals surface area contributed by atoms with E-state index in [2.05, 4.69) is 10.6 Å². The average molecular weight is 512 g/mol. The van der Waals surface area contributed by atoms with Gasteiger partial charge >= 0.3 is 12.1 Å². The number of amides is 1. The molecule has 35 heavy (non-hydrogen) atoms.